The SMILES string of the molecule is C=CC=CC=CC=CC=CC=CC=CCCCCCCCCCCCCC. The van der Waals surface area contributed by atoms with Gasteiger partial charge in [0.05, 0.1) is 0 Å². The summed E-state index contributed by atoms with van der Waals surface area (Å²) in [4.78, 5) is 0. The van der Waals surface area contributed by atoms with E-state index >= 15 is 0 Å². The minimum atomic E-state index is 1.20. The van der Waals surface area contributed by atoms with Crippen molar-refractivity contribution >= 4 is 0 Å². The third-order valence-corrected chi connectivity index (χ3v) is 4.36. The third-order valence-electron chi connectivity index (χ3n) is 4.36. The highest BCUT2D eigenvalue weighted by Crippen LogP contribution is 2.11. The van der Waals surface area contributed by atoms with Gasteiger partial charge in [0.2, 0.25) is 0 Å². The molecule has 0 spiro atoms. The molecule has 0 aliphatic heterocycles. The molecule has 0 aliphatic carbocycles. The second-order valence-corrected chi connectivity index (χ2v) is 6.91. The summed E-state index contributed by atoms with van der Waals surface area (Å²) >= 11 is 0. The van der Waals surface area contributed by atoms with Crippen LogP contribution in [0.1, 0.15) is 84.0 Å². The fraction of sp³-hybridized carbons (Fsp3) is 0.481. The van der Waals surface area contributed by atoms with Crippen molar-refractivity contribution in [2.75, 3.05) is 0 Å². The summed E-state index contributed by atoms with van der Waals surface area (Å²) in [6, 6.07) is 0. The number of hydrogen-bond donors (Lipinski definition) is 0. The van der Waals surface area contributed by atoms with Gasteiger partial charge in [-0.15, -0.1) is 0 Å². The van der Waals surface area contributed by atoms with Crippen LogP contribution in [0.3, 0.4) is 0 Å². The van der Waals surface area contributed by atoms with Crippen LogP contribution in [0.4, 0.5) is 0 Å². The lowest BCUT2D eigenvalue weighted by molar-refractivity contribution is 0.550. The Hall–Kier alpha value is -1.82. The quantitative estimate of drug-likeness (QED) is 0.167. The lowest BCUT2D eigenvalue weighted by Gasteiger charge is -2.01. The van der Waals surface area contributed by atoms with Crippen molar-refractivity contribution < 1.29 is 0 Å². The predicted octanol–water partition coefficient (Wildman–Crippen LogP) is 9.21. The van der Waals surface area contributed by atoms with Crippen molar-refractivity contribution in [3.63, 3.8) is 0 Å². The molecule has 0 atom stereocenters. The van der Waals surface area contributed by atoms with Crippen LogP contribution in [0, 0.1) is 0 Å². The molecule has 0 heterocycles. The van der Waals surface area contributed by atoms with Crippen LogP contribution < -0.4 is 0 Å². The zero-order valence-electron chi connectivity index (χ0n) is 17.7. The molecule has 27 heavy (non-hydrogen) atoms. The summed E-state index contributed by atoms with van der Waals surface area (Å²) in [5.41, 5.74) is 0. The van der Waals surface area contributed by atoms with E-state index in [0.29, 0.717) is 0 Å². The molecule has 0 amide bonds. The summed E-state index contributed by atoms with van der Waals surface area (Å²) in [5, 5.41) is 0. The van der Waals surface area contributed by atoms with Crippen LogP contribution in [0.25, 0.3) is 0 Å². The van der Waals surface area contributed by atoms with Crippen molar-refractivity contribution in [3.8, 4) is 0 Å². The first-order valence-corrected chi connectivity index (χ1v) is 11.0. The summed E-state index contributed by atoms with van der Waals surface area (Å²) in [6.07, 6.45) is 43.1. The van der Waals surface area contributed by atoms with E-state index in [0.717, 1.165) is 0 Å². The Kier molecular flexibility index (Phi) is 22.6. The first-order chi connectivity index (χ1) is 13.4. The Bertz CT molecular complexity index is 468. The Balaban J connectivity index is 3.41. The van der Waals surface area contributed by atoms with Crippen molar-refractivity contribution in [1.29, 1.82) is 0 Å². The Morgan fingerprint density at radius 1 is 0.444 bits per heavy atom. The van der Waals surface area contributed by atoms with Gasteiger partial charge in [-0.2, -0.15) is 0 Å². The third kappa shape index (κ3) is 24.2. The van der Waals surface area contributed by atoms with E-state index in [1.807, 2.05) is 42.5 Å². The molecular formula is C27H42. The van der Waals surface area contributed by atoms with Crippen molar-refractivity contribution in [2.45, 2.75) is 84.0 Å². The highest BCUT2D eigenvalue weighted by atomic mass is 14.0. The van der Waals surface area contributed by atoms with E-state index in [1.54, 1.807) is 6.08 Å². The minimum absolute atomic E-state index is 1.20. The van der Waals surface area contributed by atoms with Gasteiger partial charge in [0, 0.05) is 0 Å². The van der Waals surface area contributed by atoms with Gasteiger partial charge >= 0.3 is 0 Å². The molecule has 0 aromatic carbocycles. The lowest BCUT2D eigenvalue weighted by Crippen LogP contribution is -1.81. The standard InChI is InChI=1S/C27H42/c1-3-5-7-9-11-13-15-17-19-21-23-25-27-26-24-22-20-18-16-14-12-10-8-6-4-2/h3,5,7,9,11,13,15,17,19,21,23,25,27H,1,4,6,8,10,12,14,16,18,20,22,24,26H2,2H3. The molecule has 0 fully saturated rings. The molecule has 0 heteroatoms. The van der Waals surface area contributed by atoms with Crippen LogP contribution in [-0.2, 0) is 0 Å². The smallest absolute Gasteiger partial charge is 0.0348 e. The van der Waals surface area contributed by atoms with Crippen molar-refractivity contribution in [3.05, 3.63) is 85.6 Å². The molecule has 0 aliphatic rings. The van der Waals surface area contributed by atoms with Crippen LogP contribution >= 0.6 is 0 Å². The molecule has 0 bridgehead atoms. The molecule has 0 N–H and O–H groups in total. The van der Waals surface area contributed by atoms with Crippen molar-refractivity contribution in [2.24, 2.45) is 0 Å². The van der Waals surface area contributed by atoms with Crippen LogP contribution in [0.5, 0.6) is 0 Å². The maximum atomic E-state index is 3.62. The lowest BCUT2D eigenvalue weighted by atomic mass is 10.1. The monoisotopic (exact) mass is 366 g/mol. The Morgan fingerprint density at radius 3 is 1.26 bits per heavy atom. The van der Waals surface area contributed by atoms with Gasteiger partial charge in [0.25, 0.3) is 0 Å². The first-order valence-electron chi connectivity index (χ1n) is 11.0. The molecule has 0 aromatic heterocycles. The van der Waals surface area contributed by atoms with Crippen molar-refractivity contribution in [1.82, 2.24) is 0 Å². The van der Waals surface area contributed by atoms with Gasteiger partial charge in [0.15, 0.2) is 0 Å². The van der Waals surface area contributed by atoms with Gasteiger partial charge < -0.3 is 0 Å². The van der Waals surface area contributed by atoms with Crippen LogP contribution in [-0.4, -0.2) is 0 Å². The highest BCUT2D eigenvalue weighted by molar-refractivity contribution is 5.20. The number of unbranched alkanes of at least 4 members (excludes halogenated alkanes) is 11. The van der Waals surface area contributed by atoms with E-state index in [-0.39, 0.29) is 0 Å². The van der Waals surface area contributed by atoms with Crippen LogP contribution in [0.15, 0.2) is 85.6 Å². The Labute approximate surface area is 169 Å². The average molecular weight is 367 g/mol. The topological polar surface area (TPSA) is 0 Å². The average Bonchev–Trinajstić information content (AvgIpc) is 2.68. The largest absolute Gasteiger partial charge is 0.0991 e. The molecule has 150 valence electrons. The molecule has 0 nitrogen and oxygen atoms in total. The van der Waals surface area contributed by atoms with Crippen LogP contribution in [0.2, 0.25) is 0 Å². The minimum Gasteiger partial charge on any atom is -0.0991 e. The maximum Gasteiger partial charge on any atom is -0.0348 e. The van der Waals surface area contributed by atoms with E-state index in [9.17, 15) is 0 Å². The second kappa shape index (κ2) is 24.2. The maximum absolute atomic E-state index is 3.62. The highest BCUT2D eigenvalue weighted by Gasteiger charge is 1.92. The van der Waals surface area contributed by atoms with Gasteiger partial charge in [-0.3, -0.25) is 0 Å². The van der Waals surface area contributed by atoms with E-state index in [1.165, 1.54) is 77.0 Å². The molecule has 0 saturated carbocycles. The zero-order valence-corrected chi connectivity index (χ0v) is 17.7. The van der Waals surface area contributed by atoms with Gasteiger partial charge in [0.1, 0.15) is 0 Å². The molecule has 0 rings (SSSR count). The van der Waals surface area contributed by atoms with E-state index in [2.05, 4.69) is 43.9 Å². The summed E-state index contributed by atoms with van der Waals surface area (Å²) in [7, 11) is 0. The zero-order chi connectivity index (χ0) is 19.7. The van der Waals surface area contributed by atoms with E-state index in [4.69, 9.17) is 0 Å². The normalized spacial score (nSPS) is 12.9. The fourth-order valence-corrected chi connectivity index (χ4v) is 2.76. The fourth-order valence-electron chi connectivity index (χ4n) is 2.76. The number of rotatable bonds is 18. The molecule has 0 radical (unpaired) electrons. The number of allylic oxidation sites excluding steroid dienone is 13. The molecule has 0 aromatic rings. The second-order valence-electron chi connectivity index (χ2n) is 6.91. The van der Waals surface area contributed by atoms with Gasteiger partial charge in [-0.1, -0.05) is 157 Å². The molecule has 0 saturated heterocycles. The van der Waals surface area contributed by atoms with E-state index < -0.39 is 0 Å². The van der Waals surface area contributed by atoms with Gasteiger partial charge in [-0.05, 0) is 12.8 Å². The van der Waals surface area contributed by atoms with Gasteiger partial charge in [-0.25, -0.2) is 0 Å². The molecular weight excluding hydrogens is 324 g/mol. The molecule has 0 unspecified atom stereocenters. The summed E-state index contributed by atoms with van der Waals surface area (Å²) in [5.74, 6) is 0. The summed E-state index contributed by atoms with van der Waals surface area (Å²) < 4.78 is 0. The predicted molar refractivity (Wildman–Crippen MR) is 126 cm³/mol. The summed E-state index contributed by atoms with van der Waals surface area (Å²) in [6.45, 7) is 5.91. The first kappa shape index (κ1) is 25.2. The Morgan fingerprint density at radius 2 is 0.815 bits per heavy atom. The number of hydrogen-bond acceptors (Lipinski definition) is 0.